The Balaban J connectivity index is 3.28. The van der Waals surface area contributed by atoms with E-state index in [-0.39, 0.29) is 12.4 Å². The zero-order valence-electron chi connectivity index (χ0n) is 10.9. The molecular weight excluding hydrogens is 238 g/mol. The third kappa shape index (κ3) is 11.2. The second-order valence-corrected chi connectivity index (χ2v) is 3.43. The molecule has 0 aromatic heterocycles. The Bertz CT molecular complexity index is 279. The van der Waals surface area contributed by atoms with Gasteiger partial charge in [-0.15, -0.1) is 0 Å². The molecular formula is C11H21N3O4. The molecule has 0 aliphatic heterocycles. The first kappa shape index (κ1) is 16.7. The lowest BCUT2D eigenvalue weighted by molar-refractivity contribution is -0.122. The summed E-state index contributed by atoms with van der Waals surface area (Å²) in [6, 6.07) is 0. The van der Waals surface area contributed by atoms with Gasteiger partial charge in [-0.25, -0.2) is 0 Å². The van der Waals surface area contributed by atoms with Gasteiger partial charge in [-0.1, -0.05) is 0 Å². The topological polar surface area (TPSA) is 95.5 Å². The summed E-state index contributed by atoms with van der Waals surface area (Å²) in [6.07, 6.45) is 1.54. The second kappa shape index (κ2) is 12.2. The number of rotatable bonds is 11. The molecule has 7 nitrogen and oxygen atoms in total. The van der Waals surface area contributed by atoms with Crippen LogP contribution >= 0.6 is 0 Å². The third-order valence-corrected chi connectivity index (χ3v) is 1.74. The van der Waals surface area contributed by atoms with E-state index in [0.29, 0.717) is 38.7 Å². The van der Waals surface area contributed by atoms with Crippen LogP contribution in [-0.2, 0) is 19.0 Å². The number of aliphatic imine (C=N–C) groups is 1. The van der Waals surface area contributed by atoms with Crippen molar-refractivity contribution in [3.05, 3.63) is 0 Å². The van der Waals surface area contributed by atoms with Gasteiger partial charge in [-0.2, -0.15) is 5.10 Å². The number of hydrogen-bond acceptors (Lipinski definition) is 7. The van der Waals surface area contributed by atoms with Crippen LogP contribution < -0.4 is 5.84 Å². The molecule has 0 atom stereocenters. The largest absolute Gasteiger partial charge is 0.377 e. The van der Waals surface area contributed by atoms with Crippen molar-refractivity contribution in [2.45, 2.75) is 6.92 Å². The lowest BCUT2D eigenvalue weighted by Crippen LogP contribution is -2.16. The van der Waals surface area contributed by atoms with Crippen molar-refractivity contribution < 1.29 is 19.0 Å². The number of hydrogen-bond donors (Lipinski definition) is 1. The molecule has 0 amide bonds. The van der Waals surface area contributed by atoms with Gasteiger partial charge in [0.25, 0.3) is 0 Å². The van der Waals surface area contributed by atoms with Crippen LogP contribution in [0.4, 0.5) is 0 Å². The summed E-state index contributed by atoms with van der Waals surface area (Å²) in [6.45, 7) is 3.63. The van der Waals surface area contributed by atoms with Gasteiger partial charge in [0.15, 0.2) is 5.78 Å². The Morgan fingerprint density at radius 2 is 1.67 bits per heavy atom. The van der Waals surface area contributed by atoms with Crippen molar-refractivity contribution in [1.82, 2.24) is 0 Å². The zero-order chi connectivity index (χ0) is 13.6. The highest BCUT2D eigenvalue weighted by Gasteiger charge is 1.96. The van der Waals surface area contributed by atoms with Gasteiger partial charge in [0.2, 0.25) is 0 Å². The molecule has 0 aromatic rings. The highest BCUT2D eigenvalue weighted by Crippen LogP contribution is 1.83. The Labute approximate surface area is 107 Å². The van der Waals surface area contributed by atoms with Gasteiger partial charge in [0, 0.05) is 13.3 Å². The average molecular weight is 259 g/mol. The first-order valence-corrected chi connectivity index (χ1v) is 5.62. The first-order chi connectivity index (χ1) is 8.70. The monoisotopic (exact) mass is 259 g/mol. The van der Waals surface area contributed by atoms with E-state index in [9.17, 15) is 4.79 Å². The molecule has 0 radical (unpaired) electrons. The maximum atomic E-state index is 10.5. The fourth-order valence-corrected chi connectivity index (χ4v) is 0.987. The summed E-state index contributed by atoms with van der Waals surface area (Å²) in [4.78, 5) is 14.3. The molecule has 0 spiro atoms. The number of nitrogens with zero attached hydrogens (tertiary/aromatic N) is 2. The number of nitrogens with two attached hydrogens (primary N) is 1. The number of ether oxygens (including phenoxy) is 3. The number of carbonyl (C=O) groups excluding carboxylic acids is 1. The molecule has 0 aliphatic rings. The van der Waals surface area contributed by atoms with E-state index in [2.05, 4.69) is 10.1 Å². The van der Waals surface area contributed by atoms with Gasteiger partial charge in [-0.3, -0.25) is 9.79 Å². The fraction of sp³-hybridized carbons (Fsp3) is 0.727. The van der Waals surface area contributed by atoms with Crippen LogP contribution in [0.5, 0.6) is 0 Å². The number of ketones is 1. The molecule has 0 rings (SSSR count). The average Bonchev–Trinajstić information content (AvgIpc) is 2.35. The molecule has 104 valence electrons. The van der Waals surface area contributed by atoms with Crippen molar-refractivity contribution in [3.63, 3.8) is 0 Å². The molecule has 0 heterocycles. The molecule has 0 bridgehead atoms. The Kier molecular flexibility index (Phi) is 11.3. The summed E-state index contributed by atoms with van der Waals surface area (Å²) in [7, 11) is 1.63. The minimum Gasteiger partial charge on any atom is -0.377 e. The van der Waals surface area contributed by atoms with Crippen molar-refractivity contribution in [3.8, 4) is 0 Å². The molecule has 0 unspecified atom stereocenters. The van der Waals surface area contributed by atoms with Crippen LogP contribution in [0.25, 0.3) is 0 Å². The van der Waals surface area contributed by atoms with E-state index in [1.807, 2.05) is 0 Å². The summed E-state index contributed by atoms with van der Waals surface area (Å²) < 4.78 is 15.5. The smallest absolute Gasteiger partial charge is 0.155 e. The highest BCUT2D eigenvalue weighted by atomic mass is 16.5. The zero-order valence-corrected chi connectivity index (χ0v) is 10.9. The molecule has 0 fully saturated rings. The maximum absolute atomic E-state index is 10.5. The van der Waals surface area contributed by atoms with Crippen LogP contribution in [0, 0.1) is 0 Å². The third-order valence-electron chi connectivity index (χ3n) is 1.74. The molecule has 7 heteroatoms. The SMILES string of the molecule is CN=C/C(COCCOCCOCC(C)=O)=N\N. The first-order valence-electron chi connectivity index (χ1n) is 5.62. The van der Waals surface area contributed by atoms with Crippen molar-refractivity contribution in [2.24, 2.45) is 15.9 Å². The van der Waals surface area contributed by atoms with Gasteiger partial charge in [0.1, 0.15) is 12.3 Å². The van der Waals surface area contributed by atoms with Crippen LogP contribution in [0.3, 0.4) is 0 Å². The maximum Gasteiger partial charge on any atom is 0.155 e. The van der Waals surface area contributed by atoms with E-state index >= 15 is 0 Å². The van der Waals surface area contributed by atoms with Gasteiger partial charge in [0.05, 0.1) is 33.0 Å². The van der Waals surface area contributed by atoms with E-state index in [4.69, 9.17) is 20.1 Å². The molecule has 18 heavy (non-hydrogen) atoms. The van der Waals surface area contributed by atoms with Gasteiger partial charge in [-0.05, 0) is 6.92 Å². The number of carbonyl (C=O) groups is 1. The highest BCUT2D eigenvalue weighted by molar-refractivity contribution is 6.31. The molecule has 2 N–H and O–H groups in total. The standard InChI is InChI=1S/C11H21N3O4/c1-10(15)8-17-5-3-16-4-6-18-9-11(14-12)7-13-2/h7H,3-6,8-9,12H2,1-2H3/b13-7?,14-11+. The summed E-state index contributed by atoms with van der Waals surface area (Å²) >= 11 is 0. The summed E-state index contributed by atoms with van der Waals surface area (Å²) in [5.41, 5.74) is 0.572. The fourth-order valence-electron chi connectivity index (χ4n) is 0.987. The minimum atomic E-state index is 0.00419. The van der Waals surface area contributed by atoms with Crippen LogP contribution in [0.1, 0.15) is 6.92 Å². The van der Waals surface area contributed by atoms with Gasteiger partial charge >= 0.3 is 0 Å². The van der Waals surface area contributed by atoms with Crippen LogP contribution in [0.15, 0.2) is 10.1 Å². The molecule has 0 saturated carbocycles. The Hall–Kier alpha value is -1.31. The van der Waals surface area contributed by atoms with E-state index in [1.54, 1.807) is 7.05 Å². The summed E-state index contributed by atoms with van der Waals surface area (Å²) in [5.74, 6) is 5.12. The molecule has 0 saturated heterocycles. The van der Waals surface area contributed by atoms with Crippen molar-refractivity contribution in [1.29, 1.82) is 0 Å². The Morgan fingerprint density at radius 3 is 2.17 bits per heavy atom. The van der Waals surface area contributed by atoms with E-state index in [1.165, 1.54) is 13.1 Å². The lowest BCUT2D eigenvalue weighted by atomic mass is 10.4. The van der Waals surface area contributed by atoms with Crippen molar-refractivity contribution in [2.75, 3.05) is 46.7 Å². The summed E-state index contributed by atoms with van der Waals surface area (Å²) in [5, 5.41) is 3.50. The Morgan fingerprint density at radius 1 is 1.11 bits per heavy atom. The molecule has 0 aromatic carbocycles. The van der Waals surface area contributed by atoms with Crippen LogP contribution in [0.2, 0.25) is 0 Å². The lowest BCUT2D eigenvalue weighted by Gasteiger charge is -2.05. The molecule has 0 aliphatic carbocycles. The minimum absolute atomic E-state index is 0.00419. The predicted octanol–water partition coefficient (Wildman–Crippen LogP) is -0.359. The van der Waals surface area contributed by atoms with E-state index in [0.717, 1.165) is 0 Å². The van der Waals surface area contributed by atoms with Crippen molar-refractivity contribution >= 4 is 17.7 Å². The second-order valence-electron chi connectivity index (χ2n) is 3.43. The van der Waals surface area contributed by atoms with E-state index < -0.39 is 0 Å². The predicted molar refractivity (Wildman–Crippen MR) is 69.2 cm³/mol. The normalized spacial score (nSPS) is 12.2. The van der Waals surface area contributed by atoms with Crippen LogP contribution in [-0.4, -0.2) is 64.4 Å². The number of hydrazone groups is 1. The number of Topliss-reactive ketones (excluding diaryl/α,β-unsaturated/α-hetero) is 1. The van der Waals surface area contributed by atoms with Gasteiger partial charge < -0.3 is 20.1 Å². The quantitative estimate of drug-likeness (QED) is 0.236.